The molecule has 7 heteroatoms. The molecule has 0 bridgehead atoms. The number of hydrogen-bond acceptors (Lipinski definition) is 4. The summed E-state index contributed by atoms with van der Waals surface area (Å²) in [5.74, 6) is 0. The van der Waals surface area contributed by atoms with Gasteiger partial charge in [0, 0.05) is 24.2 Å². The lowest BCUT2D eigenvalue weighted by Crippen LogP contribution is -2.35. The third-order valence-electron chi connectivity index (χ3n) is 4.15. The van der Waals surface area contributed by atoms with E-state index in [0.29, 0.717) is 11.1 Å². The predicted molar refractivity (Wildman–Crippen MR) is 100 cm³/mol. The largest absolute Gasteiger partial charge is 0.395 e. The quantitative estimate of drug-likeness (QED) is 0.693. The Morgan fingerprint density at radius 3 is 2.50 bits per heavy atom. The Balaban J connectivity index is 2.02. The average molecular weight is 372 g/mol. The van der Waals surface area contributed by atoms with Crippen LogP contribution in [0.2, 0.25) is 0 Å². The number of nitrogens with zero attached hydrogens (tertiary/aromatic N) is 1. The second kappa shape index (κ2) is 7.41. The Kier molecular flexibility index (Phi) is 5.22. The highest BCUT2D eigenvalue weighted by Gasteiger charge is 2.25. The van der Waals surface area contributed by atoms with Crippen molar-refractivity contribution in [1.82, 2.24) is 9.29 Å². The molecular formula is C19H20N2O4S. The van der Waals surface area contributed by atoms with E-state index < -0.39 is 10.0 Å². The number of benzene rings is 2. The molecule has 0 fully saturated rings. The Labute approximate surface area is 151 Å². The molecule has 0 saturated heterocycles. The summed E-state index contributed by atoms with van der Waals surface area (Å²) in [6, 6.07) is 15.3. The van der Waals surface area contributed by atoms with Crippen LogP contribution in [0.5, 0.6) is 0 Å². The van der Waals surface area contributed by atoms with Gasteiger partial charge in [-0.05, 0) is 42.6 Å². The summed E-state index contributed by atoms with van der Waals surface area (Å²) in [6.45, 7) is 1.40. The zero-order valence-electron chi connectivity index (χ0n) is 14.3. The molecule has 2 aromatic carbocycles. The van der Waals surface area contributed by atoms with Gasteiger partial charge in [0.15, 0.2) is 0 Å². The highest BCUT2D eigenvalue weighted by molar-refractivity contribution is 7.89. The van der Waals surface area contributed by atoms with Gasteiger partial charge in [-0.3, -0.25) is 4.79 Å². The van der Waals surface area contributed by atoms with Gasteiger partial charge in [-0.1, -0.05) is 29.8 Å². The molecule has 0 radical (unpaired) electrons. The third kappa shape index (κ3) is 3.70. The van der Waals surface area contributed by atoms with Gasteiger partial charge in [-0.15, -0.1) is 0 Å². The zero-order chi connectivity index (χ0) is 18.7. The van der Waals surface area contributed by atoms with E-state index >= 15 is 0 Å². The Hall–Kier alpha value is -2.48. The SMILES string of the molecule is Cc1ccc2[nH]c(=O)c(CN(CCO)S(=O)(=O)c3ccccc3)cc2c1. The molecule has 0 unspecified atom stereocenters. The van der Waals surface area contributed by atoms with E-state index in [2.05, 4.69) is 4.98 Å². The molecule has 1 heterocycles. The van der Waals surface area contributed by atoms with Crippen LogP contribution in [0.25, 0.3) is 10.9 Å². The van der Waals surface area contributed by atoms with Gasteiger partial charge < -0.3 is 10.1 Å². The molecule has 1 aromatic heterocycles. The number of nitrogens with one attached hydrogen (secondary N) is 1. The predicted octanol–water partition coefficient (Wildman–Crippen LogP) is 2.02. The smallest absolute Gasteiger partial charge is 0.252 e. The topological polar surface area (TPSA) is 90.5 Å². The number of aromatic nitrogens is 1. The van der Waals surface area contributed by atoms with Crippen molar-refractivity contribution < 1.29 is 13.5 Å². The van der Waals surface area contributed by atoms with Crippen molar-refractivity contribution >= 4 is 20.9 Å². The van der Waals surface area contributed by atoms with E-state index in [0.717, 1.165) is 15.3 Å². The Morgan fingerprint density at radius 2 is 1.81 bits per heavy atom. The van der Waals surface area contributed by atoms with Crippen molar-refractivity contribution in [2.24, 2.45) is 0 Å². The fourth-order valence-corrected chi connectivity index (χ4v) is 4.25. The number of aliphatic hydroxyl groups is 1. The Bertz CT molecular complexity index is 1080. The maximum absolute atomic E-state index is 12.9. The first kappa shape index (κ1) is 18.3. The van der Waals surface area contributed by atoms with Crippen molar-refractivity contribution in [3.8, 4) is 0 Å². The molecule has 0 spiro atoms. The zero-order valence-corrected chi connectivity index (χ0v) is 15.2. The minimum atomic E-state index is -3.82. The first-order chi connectivity index (χ1) is 12.4. The number of aromatic amines is 1. The van der Waals surface area contributed by atoms with Crippen molar-refractivity contribution in [3.63, 3.8) is 0 Å². The molecule has 6 nitrogen and oxygen atoms in total. The number of hydrogen-bond donors (Lipinski definition) is 2. The Morgan fingerprint density at radius 1 is 1.08 bits per heavy atom. The van der Waals surface area contributed by atoms with Crippen LogP contribution in [-0.4, -0.2) is 36.0 Å². The highest BCUT2D eigenvalue weighted by Crippen LogP contribution is 2.19. The number of H-pyrrole nitrogens is 1. The lowest BCUT2D eigenvalue weighted by atomic mass is 10.1. The van der Waals surface area contributed by atoms with Gasteiger partial charge >= 0.3 is 0 Å². The van der Waals surface area contributed by atoms with Crippen LogP contribution in [0.4, 0.5) is 0 Å². The van der Waals surface area contributed by atoms with Gasteiger partial charge in [0.1, 0.15) is 0 Å². The molecule has 136 valence electrons. The fourth-order valence-electron chi connectivity index (χ4n) is 2.82. The molecule has 0 aliphatic rings. The van der Waals surface area contributed by atoms with E-state index in [9.17, 15) is 18.3 Å². The van der Waals surface area contributed by atoms with Crippen molar-refractivity contribution in [1.29, 1.82) is 0 Å². The average Bonchev–Trinajstić information content (AvgIpc) is 2.63. The molecule has 2 N–H and O–H groups in total. The maximum Gasteiger partial charge on any atom is 0.252 e. The number of pyridine rings is 1. The highest BCUT2D eigenvalue weighted by atomic mass is 32.2. The summed E-state index contributed by atoms with van der Waals surface area (Å²) >= 11 is 0. The molecule has 3 aromatic rings. The van der Waals surface area contributed by atoms with Crippen molar-refractivity contribution in [2.75, 3.05) is 13.2 Å². The van der Waals surface area contributed by atoms with Gasteiger partial charge in [-0.25, -0.2) is 8.42 Å². The number of rotatable bonds is 6. The molecule has 0 atom stereocenters. The molecule has 26 heavy (non-hydrogen) atoms. The first-order valence-electron chi connectivity index (χ1n) is 8.20. The minimum absolute atomic E-state index is 0.0947. The second-order valence-corrected chi connectivity index (χ2v) is 8.03. The standard InChI is InChI=1S/C19H20N2O4S/c1-14-7-8-18-15(11-14)12-16(19(23)20-18)13-21(9-10-22)26(24,25)17-5-3-2-4-6-17/h2-8,11-12,22H,9-10,13H2,1H3,(H,20,23). The van der Waals surface area contributed by atoms with Crippen molar-refractivity contribution in [2.45, 2.75) is 18.4 Å². The molecule has 0 amide bonds. The second-order valence-electron chi connectivity index (χ2n) is 6.09. The summed E-state index contributed by atoms with van der Waals surface area (Å²) in [7, 11) is -3.82. The third-order valence-corrected chi connectivity index (χ3v) is 6.01. The normalized spacial score (nSPS) is 12.0. The van der Waals surface area contributed by atoms with Gasteiger partial charge in [-0.2, -0.15) is 4.31 Å². The van der Waals surface area contributed by atoms with Crippen LogP contribution in [-0.2, 0) is 16.6 Å². The monoisotopic (exact) mass is 372 g/mol. The summed E-state index contributed by atoms with van der Waals surface area (Å²) in [5, 5.41) is 10.1. The van der Waals surface area contributed by atoms with Crippen LogP contribution >= 0.6 is 0 Å². The molecule has 0 aliphatic carbocycles. The van der Waals surface area contributed by atoms with Crippen LogP contribution in [0.3, 0.4) is 0 Å². The van der Waals surface area contributed by atoms with Crippen molar-refractivity contribution in [3.05, 3.63) is 76.1 Å². The lowest BCUT2D eigenvalue weighted by Gasteiger charge is -2.21. The van der Waals surface area contributed by atoms with E-state index in [1.807, 2.05) is 25.1 Å². The van der Waals surface area contributed by atoms with Gasteiger partial charge in [0.25, 0.3) is 5.56 Å². The maximum atomic E-state index is 12.9. The van der Waals surface area contributed by atoms with E-state index in [-0.39, 0.29) is 30.2 Å². The molecule has 0 aliphatic heterocycles. The summed E-state index contributed by atoms with van der Waals surface area (Å²) in [5.41, 5.74) is 1.73. The van der Waals surface area contributed by atoms with Crippen LogP contribution in [0.1, 0.15) is 11.1 Å². The minimum Gasteiger partial charge on any atom is -0.395 e. The molecule has 0 saturated carbocycles. The summed E-state index contributed by atoms with van der Waals surface area (Å²) < 4.78 is 26.8. The van der Waals surface area contributed by atoms with Gasteiger partial charge in [0.2, 0.25) is 10.0 Å². The van der Waals surface area contributed by atoms with Crippen LogP contribution in [0.15, 0.2) is 64.3 Å². The van der Waals surface area contributed by atoms with E-state index in [1.54, 1.807) is 24.3 Å². The van der Waals surface area contributed by atoms with Crippen LogP contribution < -0.4 is 5.56 Å². The number of aryl methyl sites for hydroxylation is 1. The number of aliphatic hydroxyl groups excluding tert-OH is 1. The molecule has 3 rings (SSSR count). The van der Waals surface area contributed by atoms with E-state index in [1.165, 1.54) is 12.1 Å². The number of sulfonamides is 1. The summed E-state index contributed by atoms with van der Waals surface area (Å²) in [6.07, 6.45) is 0. The fraction of sp³-hybridized carbons (Fsp3) is 0.211. The van der Waals surface area contributed by atoms with E-state index in [4.69, 9.17) is 0 Å². The molecular weight excluding hydrogens is 352 g/mol. The summed E-state index contributed by atoms with van der Waals surface area (Å²) in [4.78, 5) is 15.3. The van der Waals surface area contributed by atoms with Crippen LogP contribution in [0, 0.1) is 6.92 Å². The lowest BCUT2D eigenvalue weighted by molar-refractivity contribution is 0.251. The number of fused-ring (bicyclic) bond motifs is 1. The van der Waals surface area contributed by atoms with Gasteiger partial charge in [0.05, 0.1) is 11.5 Å². The first-order valence-corrected chi connectivity index (χ1v) is 9.64.